The Bertz CT molecular complexity index is 1330. The number of hydrogen-bond donors (Lipinski definition) is 0. The molecule has 0 N–H and O–H groups in total. The van der Waals surface area contributed by atoms with Crippen molar-refractivity contribution in [2.45, 2.75) is 38.1 Å². The van der Waals surface area contributed by atoms with Gasteiger partial charge in [-0.15, -0.1) is 0 Å². The molecule has 1 amide bonds. The van der Waals surface area contributed by atoms with Gasteiger partial charge in [-0.1, -0.05) is 0 Å². The van der Waals surface area contributed by atoms with Crippen molar-refractivity contribution in [2.75, 3.05) is 6.54 Å². The second kappa shape index (κ2) is 7.47. The summed E-state index contributed by atoms with van der Waals surface area (Å²) < 4.78 is 59.0. The van der Waals surface area contributed by atoms with Crippen LogP contribution in [0.5, 0.6) is 5.88 Å². The van der Waals surface area contributed by atoms with Crippen LogP contribution in [0.15, 0.2) is 48.9 Å². The molecule has 6 nitrogen and oxygen atoms in total. The minimum atomic E-state index is -4.48. The molecule has 4 atom stereocenters. The van der Waals surface area contributed by atoms with Crippen LogP contribution in [0.1, 0.15) is 34.5 Å². The third kappa shape index (κ3) is 3.37. The van der Waals surface area contributed by atoms with Gasteiger partial charge in [0.15, 0.2) is 0 Å². The van der Waals surface area contributed by atoms with Gasteiger partial charge in [0.05, 0.1) is 11.6 Å². The Morgan fingerprint density at radius 3 is 2.66 bits per heavy atom. The Morgan fingerprint density at radius 2 is 1.94 bits per heavy atom. The minimum Gasteiger partial charge on any atom is -0.472 e. The summed E-state index contributed by atoms with van der Waals surface area (Å²) >= 11 is 0. The summed E-state index contributed by atoms with van der Waals surface area (Å²) in [6.07, 6.45) is 0.532. The topological polar surface area (TPSA) is 68.2 Å². The van der Waals surface area contributed by atoms with Gasteiger partial charge in [0, 0.05) is 42.2 Å². The van der Waals surface area contributed by atoms with Crippen molar-refractivity contribution in [3.8, 4) is 17.1 Å². The van der Waals surface area contributed by atoms with E-state index >= 15 is 0 Å². The SMILES string of the molecule is Cc1ccnc(C(=O)N2CC3CC34CC(Oc3ccc(C(F)(F)F)cn3)C24)c1-c1ncccc1F. The molecular formula is C25H20F4N4O2. The van der Waals surface area contributed by atoms with Crippen molar-refractivity contribution in [3.63, 3.8) is 0 Å². The van der Waals surface area contributed by atoms with Gasteiger partial charge in [0.1, 0.15) is 23.3 Å². The molecule has 3 fully saturated rings. The molecule has 0 radical (unpaired) electrons. The quantitative estimate of drug-likeness (QED) is 0.503. The van der Waals surface area contributed by atoms with Gasteiger partial charge >= 0.3 is 6.18 Å². The zero-order valence-corrected chi connectivity index (χ0v) is 18.6. The summed E-state index contributed by atoms with van der Waals surface area (Å²) in [7, 11) is 0. The minimum absolute atomic E-state index is 0.0352. The Labute approximate surface area is 198 Å². The first kappa shape index (κ1) is 21.9. The summed E-state index contributed by atoms with van der Waals surface area (Å²) in [4.78, 5) is 27.7. The molecule has 3 aromatic heterocycles. The monoisotopic (exact) mass is 484 g/mol. The van der Waals surface area contributed by atoms with Gasteiger partial charge in [-0.05, 0) is 55.5 Å². The molecule has 1 spiro atoms. The van der Waals surface area contributed by atoms with Crippen LogP contribution in [-0.2, 0) is 6.18 Å². The third-order valence-corrected chi connectivity index (χ3v) is 7.51. The van der Waals surface area contributed by atoms with Crippen LogP contribution in [0, 0.1) is 24.1 Å². The number of carbonyl (C=O) groups is 1. The maximum absolute atomic E-state index is 14.6. The number of aromatic nitrogens is 3. The summed E-state index contributed by atoms with van der Waals surface area (Å²) in [5.41, 5.74) is 0.330. The predicted octanol–water partition coefficient (Wildman–Crippen LogP) is 4.69. The van der Waals surface area contributed by atoms with Crippen LogP contribution >= 0.6 is 0 Å². The molecule has 4 heterocycles. The highest BCUT2D eigenvalue weighted by Crippen LogP contribution is 2.71. The van der Waals surface area contributed by atoms with Crippen molar-refractivity contribution < 1.29 is 27.1 Å². The Kier molecular flexibility index (Phi) is 4.68. The summed E-state index contributed by atoms with van der Waals surface area (Å²) in [5.74, 6) is -0.452. The fourth-order valence-electron chi connectivity index (χ4n) is 5.75. The van der Waals surface area contributed by atoms with E-state index in [1.165, 1.54) is 30.6 Å². The van der Waals surface area contributed by atoms with Crippen LogP contribution in [0.3, 0.4) is 0 Å². The van der Waals surface area contributed by atoms with Crippen molar-refractivity contribution in [2.24, 2.45) is 11.3 Å². The smallest absolute Gasteiger partial charge is 0.417 e. The molecular weight excluding hydrogens is 464 g/mol. The number of likely N-dealkylation sites (tertiary alicyclic amines) is 1. The molecule has 0 aromatic carbocycles. The zero-order chi connectivity index (χ0) is 24.5. The number of aryl methyl sites for hydroxylation is 1. The first-order chi connectivity index (χ1) is 16.7. The zero-order valence-electron chi connectivity index (χ0n) is 18.6. The van der Waals surface area contributed by atoms with Gasteiger partial charge in [-0.2, -0.15) is 13.2 Å². The largest absolute Gasteiger partial charge is 0.472 e. The van der Waals surface area contributed by atoms with Gasteiger partial charge in [-0.25, -0.2) is 9.37 Å². The summed E-state index contributed by atoms with van der Waals surface area (Å²) in [6.45, 7) is 2.31. The summed E-state index contributed by atoms with van der Waals surface area (Å²) in [5, 5.41) is 0. The number of alkyl halides is 3. The lowest BCUT2D eigenvalue weighted by Gasteiger charge is -2.46. The average Bonchev–Trinajstić information content (AvgIpc) is 3.47. The highest BCUT2D eigenvalue weighted by Gasteiger charge is 2.76. The van der Waals surface area contributed by atoms with Crippen molar-refractivity contribution >= 4 is 5.91 Å². The normalized spacial score (nSPS) is 26.5. The summed E-state index contributed by atoms with van der Waals surface area (Å²) in [6, 6.07) is 6.36. The highest BCUT2D eigenvalue weighted by molar-refractivity contribution is 6.00. The van der Waals surface area contributed by atoms with Crippen molar-refractivity contribution in [1.29, 1.82) is 0 Å². The number of ether oxygens (including phenoxy) is 1. The average molecular weight is 484 g/mol. The van der Waals surface area contributed by atoms with Gasteiger partial charge in [-0.3, -0.25) is 14.8 Å². The molecule has 6 rings (SSSR count). The number of rotatable bonds is 4. The third-order valence-electron chi connectivity index (χ3n) is 7.51. The van der Waals surface area contributed by atoms with Gasteiger partial charge < -0.3 is 9.64 Å². The number of halogens is 4. The Balaban J connectivity index is 1.28. The van der Waals surface area contributed by atoms with E-state index in [4.69, 9.17) is 4.74 Å². The Hall–Kier alpha value is -3.56. The molecule has 3 aliphatic rings. The van der Waals surface area contributed by atoms with Crippen LogP contribution in [0.4, 0.5) is 17.6 Å². The molecule has 4 unspecified atom stereocenters. The number of hydrogen-bond acceptors (Lipinski definition) is 5. The van der Waals surface area contributed by atoms with E-state index in [1.807, 2.05) is 0 Å². The molecule has 1 saturated heterocycles. The van der Waals surface area contributed by atoms with E-state index in [9.17, 15) is 22.4 Å². The van der Waals surface area contributed by atoms with Gasteiger partial charge in [0.2, 0.25) is 5.88 Å². The molecule has 180 valence electrons. The molecule has 2 aliphatic carbocycles. The second-order valence-electron chi connectivity index (χ2n) is 9.47. The molecule has 10 heteroatoms. The van der Waals surface area contributed by atoms with Gasteiger partial charge in [0.25, 0.3) is 5.91 Å². The lowest BCUT2D eigenvalue weighted by atomic mass is 9.73. The number of piperidine rings is 1. The molecule has 0 bridgehead atoms. The van der Waals surface area contributed by atoms with Crippen molar-refractivity contribution in [3.05, 3.63) is 71.6 Å². The second-order valence-corrected chi connectivity index (χ2v) is 9.47. The molecule has 2 saturated carbocycles. The molecule has 35 heavy (non-hydrogen) atoms. The number of pyridine rings is 3. The number of carbonyl (C=O) groups excluding carboxylic acids is 1. The molecule has 3 aromatic rings. The fraction of sp³-hybridized carbons (Fsp3) is 0.360. The van der Waals surface area contributed by atoms with E-state index < -0.39 is 23.7 Å². The number of amides is 1. The van der Waals surface area contributed by atoms with E-state index in [0.717, 1.165) is 18.7 Å². The van der Waals surface area contributed by atoms with Crippen LogP contribution in [-0.4, -0.2) is 44.4 Å². The highest BCUT2D eigenvalue weighted by atomic mass is 19.4. The fourth-order valence-corrected chi connectivity index (χ4v) is 5.75. The lowest BCUT2D eigenvalue weighted by molar-refractivity contribution is -0.137. The maximum Gasteiger partial charge on any atom is 0.417 e. The number of nitrogens with zero attached hydrogens (tertiary/aromatic N) is 4. The van der Waals surface area contributed by atoms with Crippen LogP contribution in [0.25, 0.3) is 11.3 Å². The van der Waals surface area contributed by atoms with E-state index in [0.29, 0.717) is 30.0 Å². The van der Waals surface area contributed by atoms with E-state index in [-0.39, 0.29) is 34.6 Å². The van der Waals surface area contributed by atoms with Crippen LogP contribution < -0.4 is 4.74 Å². The van der Waals surface area contributed by atoms with E-state index in [1.54, 1.807) is 17.9 Å². The van der Waals surface area contributed by atoms with E-state index in [2.05, 4.69) is 15.0 Å². The first-order valence-electron chi connectivity index (χ1n) is 11.3. The predicted molar refractivity (Wildman–Crippen MR) is 116 cm³/mol. The standard InChI is InChI=1S/C25H20F4N4O2/c1-13-6-8-31-21(19(13)20-16(26)3-2-7-30-20)23(34)33-12-15-9-24(15)10-17(22(24)33)35-18-5-4-14(11-32-18)25(27,28)29/h2-8,11,15,17,22H,9-10,12H2,1H3. The lowest BCUT2D eigenvalue weighted by Crippen LogP contribution is -2.59. The molecule has 1 aliphatic heterocycles. The van der Waals surface area contributed by atoms with Crippen LogP contribution in [0.2, 0.25) is 0 Å². The van der Waals surface area contributed by atoms with Crippen molar-refractivity contribution in [1.82, 2.24) is 19.9 Å². The Morgan fingerprint density at radius 1 is 1.11 bits per heavy atom. The maximum atomic E-state index is 14.6. The first-order valence-corrected chi connectivity index (χ1v) is 11.3.